The van der Waals surface area contributed by atoms with Crippen LogP contribution in [-0.2, 0) is 6.54 Å². The van der Waals surface area contributed by atoms with E-state index >= 15 is 0 Å². The molecule has 0 bridgehead atoms. The number of halogens is 2. The van der Waals surface area contributed by atoms with E-state index in [1.807, 2.05) is 26.0 Å². The number of phenols is 1. The van der Waals surface area contributed by atoms with Gasteiger partial charge in [0, 0.05) is 23.8 Å². The molecule has 3 aromatic rings. The van der Waals surface area contributed by atoms with Gasteiger partial charge in [0.1, 0.15) is 11.6 Å². The number of hydrogen-bond acceptors (Lipinski definition) is 3. The molecule has 0 saturated heterocycles. The number of benzene rings is 2. The van der Waals surface area contributed by atoms with Crippen LogP contribution in [0, 0.1) is 12.7 Å². The minimum Gasteiger partial charge on any atom is -0.506 e. The Bertz CT molecular complexity index is 894. The Kier molecular flexibility index (Phi) is 5.06. The van der Waals surface area contributed by atoms with Crippen molar-refractivity contribution in [2.24, 2.45) is 0 Å². The van der Waals surface area contributed by atoms with Crippen molar-refractivity contribution in [1.82, 2.24) is 15.1 Å². The number of aromatic nitrogens is 2. The smallest absolute Gasteiger partial charge is 0.134 e. The van der Waals surface area contributed by atoms with E-state index in [1.165, 1.54) is 12.1 Å². The first-order valence-corrected chi connectivity index (χ1v) is 8.34. The molecule has 4 nitrogen and oxygen atoms in total. The minimum atomic E-state index is -0.288. The summed E-state index contributed by atoms with van der Waals surface area (Å²) in [5, 5.41) is 17.6. The molecule has 1 heterocycles. The maximum Gasteiger partial charge on any atom is 0.134 e. The van der Waals surface area contributed by atoms with Crippen LogP contribution in [0.5, 0.6) is 5.75 Å². The highest BCUT2D eigenvalue weighted by Gasteiger charge is 2.14. The van der Waals surface area contributed by atoms with Gasteiger partial charge in [0.2, 0.25) is 0 Å². The van der Waals surface area contributed by atoms with Gasteiger partial charge in [0.25, 0.3) is 0 Å². The summed E-state index contributed by atoms with van der Waals surface area (Å²) >= 11 is 5.93. The molecule has 0 spiro atoms. The molecule has 1 unspecified atom stereocenters. The summed E-state index contributed by atoms with van der Waals surface area (Å²) in [5.74, 6) is -0.213. The van der Waals surface area contributed by atoms with E-state index < -0.39 is 0 Å². The molecule has 0 aliphatic heterocycles. The average Bonchev–Trinajstić information content (AvgIpc) is 2.97. The van der Waals surface area contributed by atoms with Gasteiger partial charge in [-0.3, -0.25) is 0 Å². The highest BCUT2D eigenvalue weighted by molar-refractivity contribution is 6.32. The van der Waals surface area contributed by atoms with Gasteiger partial charge in [-0.1, -0.05) is 23.7 Å². The van der Waals surface area contributed by atoms with Crippen LogP contribution in [0.4, 0.5) is 4.39 Å². The van der Waals surface area contributed by atoms with Crippen molar-refractivity contribution in [2.45, 2.75) is 26.4 Å². The zero-order valence-corrected chi connectivity index (χ0v) is 14.8. The van der Waals surface area contributed by atoms with Gasteiger partial charge in [-0.25, -0.2) is 9.07 Å². The summed E-state index contributed by atoms with van der Waals surface area (Å²) < 4.78 is 15.2. The average molecular weight is 360 g/mol. The Balaban J connectivity index is 1.74. The molecule has 0 aliphatic rings. The molecule has 1 aromatic heterocycles. The Morgan fingerprint density at radius 1 is 1.28 bits per heavy atom. The van der Waals surface area contributed by atoms with E-state index in [4.69, 9.17) is 11.6 Å². The van der Waals surface area contributed by atoms with Crippen molar-refractivity contribution >= 4 is 11.6 Å². The van der Waals surface area contributed by atoms with Gasteiger partial charge >= 0.3 is 0 Å². The van der Waals surface area contributed by atoms with Gasteiger partial charge in [-0.15, -0.1) is 0 Å². The molecule has 25 heavy (non-hydrogen) atoms. The first kappa shape index (κ1) is 17.5. The molecule has 0 amide bonds. The van der Waals surface area contributed by atoms with E-state index in [1.54, 1.807) is 29.1 Å². The summed E-state index contributed by atoms with van der Waals surface area (Å²) in [4.78, 5) is 0. The van der Waals surface area contributed by atoms with Crippen molar-refractivity contribution in [3.05, 3.63) is 76.3 Å². The largest absolute Gasteiger partial charge is 0.506 e. The molecule has 0 radical (unpaired) electrons. The SMILES string of the molecule is Cc1c(C(C)NCc2ccc(O)c(Cl)c2)cnn1-c1cccc(F)c1. The minimum absolute atomic E-state index is 0.0508. The molecule has 130 valence electrons. The predicted molar refractivity (Wildman–Crippen MR) is 96.6 cm³/mol. The fourth-order valence-electron chi connectivity index (χ4n) is 2.76. The third-order valence-corrected chi connectivity index (χ3v) is 4.49. The fraction of sp³-hybridized carbons (Fsp3) is 0.211. The molecule has 2 N–H and O–H groups in total. The van der Waals surface area contributed by atoms with Crippen molar-refractivity contribution < 1.29 is 9.50 Å². The van der Waals surface area contributed by atoms with Crippen LogP contribution in [0.2, 0.25) is 5.02 Å². The number of aromatic hydroxyl groups is 1. The maximum absolute atomic E-state index is 13.4. The van der Waals surface area contributed by atoms with Gasteiger partial charge in [0.05, 0.1) is 16.9 Å². The molecule has 0 aliphatic carbocycles. The predicted octanol–water partition coefficient (Wildman–Crippen LogP) is 4.53. The van der Waals surface area contributed by atoms with Gasteiger partial charge in [0.15, 0.2) is 0 Å². The molecule has 1 atom stereocenters. The molecule has 3 rings (SSSR count). The zero-order chi connectivity index (χ0) is 18.0. The van der Waals surface area contributed by atoms with Crippen molar-refractivity contribution in [2.75, 3.05) is 0 Å². The fourth-order valence-corrected chi connectivity index (χ4v) is 2.96. The topological polar surface area (TPSA) is 50.1 Å². The summed E-state index contributed by atoms with van der Waals surface area (Å²) in [5.41, 5.74) is 3.66. The first-order valence-electron chi connectivity index (χ1n) is 7.97. The third kappa shape index (κ3) is 3.83. The number of phenolic OH excluding ortho intramolecular Hbond substituents is 1. The second-order valence-electron chi connectivity index (χ2n) is 5.97. The van der Waals surface area contributed by atoms with Crippen LogP contribution in [0.1, 0.15) is 29.8 Å². The summed E-state index contributed by atoms with van der Waals surface area (Å²) in [6.07, 6.45) is 1.79. The summed E-state index contributed by atoms with van der Waals surface area (Å²) in [7, 11) is 0. The number of nitrogens with zero attached hydrogens (tertiary/aromatic N) is 2. The monoisotopic (exact) mass is 359 g/mol. The third-order valence-electron chi connectivity index (χ3n) is 4.19. The lowest BCUT2D eigenvalue weighted by atomic mass is 10.1. The Morgan fingerprint density at radius 2 is 2.08 bits per heavy atom. The van der Waals surface area contributed by atoms with Crippen LogP contribution in [0.25, 0.3) is 5.69 Å². The standard InChI is InChI=1S/C19H19ClFN3O/c1-12(22-10-14-6-7-19(25)18(20)8-14)17-11-23-24(13(17)2)16-5-3-4-15(21)9-16/h3-9,11-12,22,25H,10H2,1-2H3. The quantitative estimate of drug-likeness (QED) is 0.703. The summed E-state index contributed by atoms with van der Waals surface area (Å²) in [6, 6.07) is 11.6. The molecule has 6 heteroatoms. The van der Waals surface area contributed by atoms with Gasteiger partial charge in [-0.05, 0) is 49.7 Å². The molecular weight excluding hydrogens is 341 g/mol. The second-order valence-corrected chi connectivity index (χ2v) is 6.37. The van der Waals surface area contributed by atoms with E-state index in [-0.39, 0.29) is 17.6 Å². The van der Waals surface area contributed by atoms with Crippen LogP contribution in [-0.4, -0.2) is 14.9 Å². The second kappa shape index (κ2) is 7.25. The number of rotatable bonds is 5. The zero-order valence-electron chi connectivity index (χ0n) is 14.0. The number of hydrogen-bond donors (Lipinski definition) is 2. The molecule has 2 aromatic carbocycles. The van der Waals surface area contributed by atoms with Crippen LogP contribution >= 0.6 is 11.6 Å². The number of nitrogens with one attached hydrogen (secondary N) is 1. The Labute approximate surface area is 150 Å². The van der Waals surface area contributed by atoms with E-state index in [0.717, 1.165) is 16.8 Å². The van der Waals surface area contributed by atoms with Crippen LogP contribution < -0.4 is 5.32 Å². The van der Waals surface area contributed by atoms with E-state index in [9.17, 15) is 9.50 Å². The van der Waals surface area contributed by atoms with E-state index in [0.29, 0.717) is 17.3 Å². The Morgan fingerprint density at radius 3 is 2.80 bits per heavy atom. The lowest BCUT2D eigenvalue weighted by Gasteiger charge is -2.14. The van der Waals surface area contributed by atoms with Gasteiger partial charge in [-0.2, -0.15) is 5.10 Å². The summed E-state index contributed by atoms with van der Waals surface area (Å²) in [6.45, 7) is 4.61. The lowest BCUT2D eigenvalue weighted by Crippen LogP contribution is -2.18. The van der Waals surface area contributed by atoms with Crippen molar-refractivity contribution in [3.8, 4) is 11.4 Å². The highest BCUT2D eigenvalue weighted by Crippen LogP contribution is 2.25. The van der Waals surface area contributed by atoms with Crippen molar-refractivity contribution in [1.29, 1.82) is 0 Å². The molecule has 0 fully saturated rings. The van der Waals surface area contributed by atoms with E-state index in [2.05, 4.69) is 10.4 Å². The first-order chi connectivity index (χ1) is 12.0. The molecular formula is C19H19ClFN3O. The highest BCUT2D eigenvalue weighted by atomic mass is 35.5. The van der Waals surface area contributed by atoms with Gasteiger partial charge < -0.3 is 10.4 Å². The van der Waals surface area contributed by atoms with Crippen molar-refractivity contribution in [3.63, 3.8) is 0 Å². The lowest BCUT2D eigenvalue weighted by molar-refractivity contribution is 0.475. The Hall–Kier alpha value is -2.37. The normalized spacial score (nSPS) is 12.3. The molecule has 0 saturated carbocycles. The van der Waals surface area contributed by atoms with Crippen LogP contribution in [0.3, 0.4) is 0 Å². The maximum atomic E-state index is 13.4. The van der Waals surface area contributed by atoms with Crippen LogP contribution in [0.15, 0.2) is 48.7 Å².